The van der Waals surface area contributed by atoms with Crippen LogP contribution in [0.4, 0.5) is 9.59 Å². The van der Waals surface area contributed by atoms with Crippen LogP contribution >= 0.6 is 0 Å². The SMILES string of the molecule is CC(C)(C)OC(=O)CC[C@H](NC(=O)N[C@@H](CCCCNC(=O)[C@H](Cc1ccc(-c2ccccc2)cc1)NC(=O)OCC1c2ccccc2-c2ccccc21)C(=O)OC(C)(C)C)C(=O)OC(C)(C)C. The summed E-state index contributed by atoms with van der Waals surface area (Å²) in [6.45, 7) is 15.6. The number of ether oxygens (including phenoxy) is 4. The summed E-state index contributed by atoms with van der Waals surface area (Å²) >= 11 is 0. The van der Waals surface area contributed by atoms with Gasteiger partial charge >= 0.3 is 30.0 Å². The van der Waals surface area contributed by atoms with E-state index >= 15 is 0 Å². The van der Waals surface area contributed by atoms with Gasteiger partial charge in [-0.3, -0.25) is 9.59 Å². The van der Waals surface area contributed by atoms with Gasteiger partial charge in [0, 0.05) is 25.3 Å². The van der Waals surface area contributed by atoms with Crippen molar-refractivity contribution in [1.82, 2.24) is 21.3 Å². The molecule has 3 atom stereocenters. The highest BCUT2D eigenvalue weighted by molar-refractivity contribution is 5.88. The number of esters is 3. The first kappa shape index (κ1) is 52.3. The summed E-state index contributed by atoms with van der Waals surface area (Å²) in [6, 6.07) is 29.7. The number of hydrogen-bond donors (Lipinski definition) is 4. The number of unbranched alkanes of at least 4 members (excludes halogenated alkanes) is 1. The number of amides is 4. The van der Waals surface area contributed by atoms with Gasteiger partial charge in [0.05, 0.1) is 0 Å². The molecule has 0 bridgehead atoms. The van der Waals surface area contributed by atoms with Crippen LogP contribution in [0.25, 0.3) is 22.3 Å². The predicted octanol–water partition coefficient (Wildman–Crippen LogP) is 8.93. The maximum Gasteiger partial charge on any atom is 0.407 e. The molecule has 4 N–H and O–H groups in total. The summed E-state index contributed by atoms with van der Waals surface area (Å²) < 4.78 is 22.4. The topological polar surface area (TPSA) is 187 Å². The Bertz CT molecular complexity index is 2320. The molecule has 68 heavy (non-hydrogen) atoms. The number of carbonyl (C=O) groups excluding carboxylic acids is 6. The summed E-state index contributed by atoms with van der Waals surface area (Å²) in [7, 11) is 0. The van der Waals surface area contributed by atoms with E-state index in [0.29, 0.717) is 12.8 Å². The van der Waals surface area contributed by atoms with Crippen LogP contribution in [-0.4, -0.2) is 84.0 Å². The first-order valence-corrected chi connectivity index (χ1v) is 23.3. The molecule has 4 aromatic carbocycles. The molecule has 0 aliphatic heterocycles. The molecule has 0 saturated heterocycles. The van der Waals surface area contributed by atoms with E-state index in [4.69, 9.17) is 18.9 Å². The third-order valence-corrected chi connectivity index (χ3v) is 10.7. The zero-order chi connectivity index (χ0) is 49.6. The first-order chi connectivity index (χ1) is 32.0. The quantitative estimate of drug-likeness (QED) is 0.0402. The van der Waals surface area contributed by atoms with Crippen molar-refractivity contribution in [2.24, 2.45) is 0 Å². The Kier molecular flexibility index (Phi) is 17.9. The molecule has 0 unspecified atom stereocenters. The minimum Gasteiger partial charge on any atom is -0.460 e. The zero-order valence-corrected chi connectivity index (χ0v) is 40.9. The van der Waals surface area contributed by atoms with Crippen LogP contribution in [0.5, 0.6) is 0 Å². The van der Waals surface area contributed by atoms with Gasteiger partial charge in [-0.15, -0.1) is 0 Å². The minimum atomic E-state index is -1.23. The van der Waals surface area contributed by atoms with Crippen molar-refractivity contribution >= 4 is 35.9 Å². The summed E-state index contributed by atoms with van der Waals surface area (Å²) in [4.78, 5) is 79.9. The second kappa shape index (κ2) is 23.3. The molecule has 1 aliphatic carbocycles. The number of carbonyl (C=O) groups is 6. The van der Waals surface area contributed by atoms with Crippen molar-refractivity contribution in [2.45, 2.75) is 142 Å². The number of urea groups is 1. The summed E-state index contributed by atoms with van der Waals surface area (Å²) in [6.07, 6.45) is 0.0689. The van der Waals surface area contributed by atoms with Gasteiger partial charge in [-0.2, -0.15) is 0 Å². The van der Waals surface area contributed by atoms with Crippen LogP contribution in [-0.2, 0) is 44.5 Å². The van der Waals surface area contributed by atoms with Gasteiger partial charge in [-0.05, 0) is 127 Å². The number of benzene rings is 4. The van der Waals surface area contributed by atoms with Crippen LogP contribution in [0.3, 0.4) is 0 Å². The van der Waals surface area contributed by atoms with E-state index in [0.717, 1.165) is 38.9 Å². The molecule has 0 radical (unpaired) electrons. The van der Waals surface area contributed by atoms with E-state index in [1.54, 1.807) is 62.3 Å². The van der Waals surface area contributed by atoms with Crippen molar-refractivity contribution in [3.8, 4) is 22.3 Å². The maximum absolute atomic E-state index is 13.9. The second-order valence-electron chi connectivity index (χ2n) is 20.0. The minimum absolute atomic E-state index is 0.0819. The fraction of sp³-hybridized carbons (Fsp3) is 0.444. The van der Waals surface area contributed by atoms with E-state index in [1.807, 2.05) is 91.0 Å². The lowest BCUT2D eigenvalue weighted by molar-refractivity contribution is -0.159. The van der Waals surface area contributed by atoms with Crippen molar-refractivity contribution in [3.05, 3.63) is 120 Å². The lowest BCUT2D eigenvalue weighted by Crippen LogP contribution is -2.53. The molecule has 0 aromatic heterocycles. The number of rotatable bonds is 19. The third-order valence-electron chi connectivity index (χ3n) is 10.7. The molecule has 0 saturated carbocycles. The zero-order valence-electron chi connectivity index (χ0n) is 40.9. The molecule has 5 rings (SSSR count). The Labute approximate surface area is 400 Å². The van der Waals surface area contributed by atoms with E-state index in [9.17, 15) is 28.8 Å². The van der Waals surface area contributed by atoms with Gasteiger partial charge in [0.2, 0.25) is 5.91 Å². The van der Waals surface area contributed by atoms with Crippen molar-refractivity contribution < 1.29 is 47.7 Å². The summed E-state index contributed by atoms with van der Waals surface area (Å²) in [5.41, 5.74) is 4.74. The number of alkyl carbamates (subject to hydrolysis) is 1. The number of hydrogen-bond acceptors (Lipinski definition) is 10. The molecule has 1 aliphatic rings. The Morgan fingerprint density at radius 3 is 1.59 bits per heavy atom. The summed E-state index contributed by atoms with van der Waals surface area (Å²) in [5, 5.41) is 11.0. The lowest BCUT2D eigenvalue weighted by Gasteiger charge is -2.27. The Morgan fingerprint density at radius 1 is 0.544 bits per heavy atom. The van der Waals surface area contributed by atoms with Gasteiger partial charge in [-0.25, -0.2) is 19.2 Å². The van der Waals surface area contributed by atoms with Gasteiger partial charge in [0.15, 0.2) is 0 Å². The van der Waals surface area contributed by atoms with Crippen molar-refractivity contribution in [2.75, 3.05) is 13.2 Å². The molecule has 0 spiro atoms. The third kappa shape index (κ3) is 16.6. The molecule has 14 nitrogen and oxygen atoms in total. The fourth-order valence-corrected chi connectivity index (χ4v) is 7.76. The lowest BCUT2D eigenvalue weighted by atomic mass is 9.98. The Morgan fingerprint density at radius 2 is 1.04 bits per heavy atom. The second-order valence-corrected chi connectivity index (χ2v) is 20.0. The van der Waals surface area contributed by atoms with Crippen LogP contribution in [0.1, 0.15) is 117 Å². The van der Waals surface area contributed by atoms with Crippen molar-refractivity contribution in [3.63, 3.8) is 0 Å². The molecule has 0 heterocycles. The summed E-state index contributed by atoms with van der Waals surface area (Å²) in [5.74, 6) is -2.58. The fourth-order valence-electron chi connectivity index (χ4n) is 7.76. The highest BCUT2D eigenvalue weighted by Crippen LogP contribution is 2.44. The molecule has 4 amide bonds. The van der Waals surface area contributed by atoms with Gasteiger partial charge in [0.1, 0.15) is 41.5 Å². The number of fused-ring (bicyclic) bond motifs is 3. The highest BCUT2D eigenvalue weighted by atomic mass is 16.6. The first-order valence-electron chi connectivity index (χ1n) is 23.3. The van der Waals surface area contributed by atoms with E-state index in [2.05, 4.69) is 33.4 Å². The average molecular weight is 933 g/mol. The molecule has 4 aromatic rings. The normalized spacial score (nSPS) is 13.7. The largest absolute Gasteiger partial charge is 0.460 e. The smallest absolute Gasteiger partial charge is 0.407 e. The number of nitrogens with one attached hydrogen (secondary N) is 4. The van der Waals surface area contributed by atoms with E-state index in [-0.39, 0.29) is 44.8 Å². The molecule has 14 heteroatoms. The highest BCUT2D eigenvalue weighted by Gasteiger charge is 2.33. The van der Waals surface area contributed by atoms with Gasteiger partial charge in [0.25, 0.3) is 0 Å². The average Bonchev–Trinajstić information content (AvgIpc) is 3.58. The standard InChI is InChI=1S/C54H68N4O10/c1-52(2,3)66-46(59)31-30-44(49(62)68-54(7,8)9)57-50(63)56-43(48(61)67-53(4,5)6)25-17-18-32-55-47(60)45(33-35-26-28-37(29-27-35)36-19-11-10-12-20-36)58-51(64)65-34-42-40-23-15-13-21-38(40)39-22-14-16-24-41(39)42/h10-16,19-24,26-29,42-45H,17-18,25,30-34H2,1-9H3,(H,55,60)(H,58,64)(H2,56,57,63)/t43-,44-,45-/m0/s1. The Hall–Kier alpha value is -6.70. The van der Waals surface area contributed by atoms with Crippen LogP contribution in [0, 0.1) is 0 Å². The van der Waals surface area contributed by atoms with E-state index < -0.39 is 70.9 Å². The van der Waals surface area contributed by atoms with Crippen molar-refractivity contribution in [1.29, 1.82) is 0 Å². The Balaban J connectivity index is 1.22. The van der Waals surface area contributed by atoms with Crippen LogP contribution in [0.2, 0.25) is 0 Å². The van der Waals surface area contributed by atoms with E-state index in [1.165, 1.54) is 0 Å². The predicted molar refractivity (Wildman–Crippen MR) is 260 cm³/mol. The van der Waals surface area contributed by atoms with Gasteiger partial charge < -0.3 is 40.2 Å². The molecular formula is C54H68N4O10. The molecular weight excluding hydrogens is 865 g/mol. The monoisotopic (exact) mass is 932 g/mol. The van der Waals surface area contributed by atoms with Crippen LogP contribution in [0.15, 0.2) is 103 Å². The van der Waals surface area contributed by atoms with Gasteiger partial charge in [-0.1, -0.05) is 103 Å². The molecule has 364 valence electrons. The maximum atomic E-state index is 13.9. The van der Waals surface area contributed by atoms with Crippen LogP contribution < -0.4 is 21.3 Å². The molecule has 0 fully saturated rings.